The Morgan fingerprint density at radius 1 is 0.478 bits per heavy atom. The largest absolute Gasteiger partial charge is 0.450 e. The number of rotatable bonds is 4. The molecule has 6 aromatic heterocycles. The fourth-order valence-corrected chi connectivity index (χ4v) is 9.96. The van der Waals surface area contributed by atoms with Gasteiger partial charge in [-0.2, -0.15) is 0 Å². The van der Waals surface area contributed by atoms with E-state index in [4.69, 9.17) is 8.83 Å². The van der Waals surface area contributed by atoms with Crippen molar-refractivity contribution >= 4 is 98.2 Å². The molecule has 0 saturated heterocycles. The lowest BCUT2D eigenvalue weighted by Gasteiger charge is -1.99. The molecule has 4 nitrogen and oxygen atoms in total. The Kier molecular flexibility index (Phi) is 5.69. The normalized spacial score (nSPS) is 12.1. The lowest BCUT2D eigenvalue weighted by Crippen LogP contribution is -1.75. The number of nitrogens with zero attached hydrogens (tertiary/aromatic N) is 2. The van der Waals surface area contributed by atoms with Crippen LogP contribution in [0.25, 0.3) is 93.9 Å². The maximum absolute atomic E-state index is 15.0. The zero-order chi connectivity index (χ0) is 30.5. The third-order valence-corrected chi connectivity index (χ3v) is 12.6. The predicted molar refractivity (Wildman–Crippen MR) is 187 cm³/mol. The van der Waals surface area contributed by atoms with Crippen LogP contribution in [0.5, 0.6) is 0 Å². The molecular weight excluding hydrogens is 659 g/mol. The second-order valence-electron chi connectivity index (χ2n) is 10.9. The van der Waals surface area contributed by atoms with E-state index in [-0.39, 0.29) is 23.2 Å². The quantitative estimate of drug-likeness (QED) is 0.186. The molecule has 46 heavy (non-hydrogen) atoms. The minimum Gasteiger partial charge on any atom is -0.450 e. The van der Waals surface area contributed by atoms with Crippen molar-refractivity contribution in [3.05, 3.63) is 109 Å². The molecule has 10 rings (SSSR count). The minimum absolute atomic E-state index is 0.181. The summed E-state index contributed by atoms with van der Waals surface area (Å²) in [6.07, 6.45) is 3.59. The zero-order valence-corrected chi connectivity index (χ0v) is 26.6. The first kappa shape index (κ1) is 26.5. The standard InChI is InChI=1S/C36H16F2N2O2S4/c37-31-21-5-1-3-7-23(21)41-33(31)35-39-15-29(45-35)27-13-19-9-17-12-26-20(10-18(17)11-25(19)43-27)14-28(44-26)30-16-40-36(46-30)34-32(38)22-6-2-4-8-24(22)42-34/h1-16H. The molecule has 0 aliphatic carbocycles. The molecule has 0 radical (unpaired) electrons. The molecule has 0 amide bonds. The van der Waals surface area contributed by atoms with Gasteiger partial charge in [0, 0.05) is 31.5 Å². The lowest BCUT2D eigenvalue weighted by molar-refractivity contribution is 0.573. The van der Waals surface area contributed by atoms with Crippen molar-refractivity contribution in [2.45, 2.75) is 0 Å². The van der Waals surface area contributed by atoms with Gasteiger partial charge < -0.3 is 8.83 Å². The van der Waals surface area contributed by atoms with Crippen molar-refractivity contribution in [3.8, 4) is 41.0 Å². The second-order valence-corrected chi connectivity index (χ2v) is 15.1. The van der Waals surface area contributed by atoms with Crippen LogP contribution in [0.2, 0.25) is 0 Å². The highest BCUT2D eigenvalue weighted by atomic mass is 32.1. The smallest absolute Gasteiger partial charge is 0.199 e. The van der Waals surface area contributed by atoms with Gasteiger partial charge in [-0.25, -0.2) is 18.7 Å². The summed E-state index contributed by atoms with van der Waals surface area (Å²) >= 11 is 6.25. The molecule has 0 aliphatic heterocycles. The van der Waals surface area contributed by atoms with Gasteiger partial charge in [-0.1, -0.05) is 24.3 Å². The molecule has 0 saturated carbocycles. The number of thiophene rings is 2. The van der Waals surface area contributed by atoms with E-state index in [1.165, 1.54) is 32.1 Å². The first-order valence-electron chi connectivity index (χ1n) is 14.2. The Morgan fingerprint density at radius 2 is 0.935 bits per heavy atom. The summed E-state index contributed by atoms with van der Waals surface area (Å²) < 4.78 is 44.0. The summed E-state index contributed by atoms with van der Waals surface area (Å²) in [4.78, 5) is 13.1. The maximum atomic E-state index is 15.0. The Labute approximate surface area is 274 Å². The summed E-state index contributed by atoms with van der Waals surface area (Å²) in [6.45, 7) is 0. The van der Waals surface area contributed by atoms with Crippen LogP contribution in [0.1, 0.15) is 0 Å². The number of aromatic nitrogens is 2. The topological polar surface area (TPSA) is 52.1 Å². The van der Waals surface area contributed by atoms with Gasteiger partial charge in [-0.3, -0.25) is 0 Å². The molecule has 0 unspecified atom stereocenters. The number of thiazole rings is 2. The van der Waals surface area contributed by atoms with Crippen LogP contribution in [0.4, 0.5) is 8.78 Å². The van der Waals surface area contributed by atoms with Crippen LogP contribution in [0, 0.1) is 11.6 Å². The summed E-state index contributed by atoms with van der Waals surface area (Å²) in [6, 6.07) is 27.5. The highest BCUT2D eigenvalue weighted by Crippen LogP contribution is 2.44. The van der Waals surface area contributed by atoms with Crippen LogP contribution in [-0.2, 0) is 0 Å². The molecule has 220 valence electrons. The Bertz CT molecular complexity index is 2560. The number of fused-ring (bicyclic) bond motifs is 5. The van der Waals surface area contributed by atoms with Crippen molar-refractivity contribution < 1.29 is 17.6 Å². The highest BCUT2D eigenvalue weighted by Gasteiger charge is 2.21. The van der Waals surface area contributed by atoms with Gasteiger partial charge >= 0.3 is 0 Å². The first-order valence-corrected chi connectivity index (χ1v) is 17.5. The number of furan rings is 2. The molecule has 0 spiro atoms. The van der Waals surface area contributed by atoms with E-state index in [0.29, 0.717) is 32.0 Å². The van der Waals surface area contributed by atoms with E-state index >= 15 is 8.78 Å². The fraction of sp³-hybridized carbons (Fsp3) is 0. The minimum atomic E-state index is -0.377. The van der Waals surface area contributed by atoms with E-state index in [2.05, 4.69) is 46.4 Å². The summed E-state index contributed by atoms with van der Waals surface area (Å²) in [5.74, 6) is -0.392. The van der Waals surface area contributed by atoms with Crippen molar-refractivity contribution in [1.29, 1.82) is 0 Å². The summed E-state index contributed by atoms with van der Waals surface area (Å²) in [5.41, 5.74) is 1.03. The van der Waals surface area contributed by atoms with Crippen LogP contribution < -0.4 is 0 Å². The molecule has 0 aliphatic rings. The molecule has 10 aromatic rings. The van der Waals surface area contributed by atoms with Crippen LogP contribution in [-0.4, -0.2) is 9.97 Å². The molecular formula is C36H16F2N2O2S4. The highest BCUT2D eigenvalue weighted by molar-refractivity contribution is 7.27. The Morgan fingerprint density at radius 3 is 1.39 bits per heavy atom. The second kappa shape index (κ2) is 9.88. The zero-order valence-electron chi connectivity index (χ0n) is 23.3. The Hall–Kier alpha value is -4.74. The maximum Gasteiger partial charge on any atom is 0.199 e. The molecule has 4 aromatic carbocycles. The average molecular weight is 675 g/mol. The number of halogens is 2. The average Bonchev–Trinajstić information content (AvgIpc) is 3.91. The molecule has 0 atom stereocenters. The number of hydrogen-bond acceptors (Lipinski definition) is 8. The molecule has 0 bridgehead atoms. The molecule has 0 fully saturated rings. The van der Waals surface area contributed by atoms with Gasteiger partial charge in [0.2, 0.25) is 0 Å². The fourth-order valence-electron chi connectivity index (χ4n) is 5.86. The van der Waals surface area contributed by atoms with Gasteiger partial charge in [0.25, 0.3) is 0 Å². The van der Waals surface area contributed by atoms with E-state index in [1.54, 1.807) is 71.5 Å². The van der Waals surface area contributed by atoms with E-state index in [9.17, 15) is 0 Å². The van der Waals surface area contributed by atoms with Crippen molar-refractivity contribution in [1.82, 2.24) is 9.97 Å². The van der Waals surface area contributed by atoms with E-state index in [0.717, 1.165) is 41.1 Å². The van der Waals surface area contributed by atoms with Gasteiger partial charge in [-0.15, -0.1) is 45.3 Å². The van der Waals surface area contributed by atoms with Gasteiger partial charge in [-0.05, 0) is 82.2 Å². The number of para-hydroxylation sites is 2. The van der Waals surface area contributed by atoms with Crippen LogP contribution in [0.3, 0.4) is 0 Å². The lowest BCUT2D eigenvalue weighted by atomic mass is 10.1. The van der Waals surface area contributed by atoms with Gasteiger partial charge in [0.05, 0.1) is 20.5 Å². The number of hydrogen-bond donors (Lipinski definition) is 0. The van der Waals surface area contributed by atoms with Gasteiger partial charge in [0.15, 0.2) is 33.2 Å². The summed E-state index contributed by atoms with van der Waals surface area (Å²) in [7, 11) is 0. The monoisotopic (exact) mass is 674 g/mol. The summed E-state index contributed by atoms with van der Waals surface area (Å²) in [5, 5.41) is 6.58. The first-order chi connectivity index (χ1) is 22.6. The third kappa shape index (κ3) is 4.04. The van der Waals surface area contributed by atoms with Crippen LogP contribution in [0.15, 0.2) is 106 Å². The van der Waals surface area contributed by atoms with Crippen molar-refractivity contribution in [3.63, 3.8) is 0 Å². The van der Waals surface area contributed by atoms with Gasteiger partial charge in [0.1, 0.15) is 11.2 Å². The molecule has 0 N–H and O–H groups in total. The van der Waals surface area contributed by atoms with Crippen molar-refractivity contribution in [2.75, 3.05) is 0 Å². The van der Waals surface area contributed by atoms with E-state index < -0.39 is 0 Å². The molecule has 10 heteroatoms. The predicted octanol–water partition coefficient (Wildman–Crippen LogP) is 12.6. The van der Waals surface area contributed by atoms with Crippen LogP contribution >= 0.6 is 45.3 Å². The Balaban J connectivity index is 0.986. The van der Waals surface area contributed by atoms with E-state index in [1.807, 2.05) is 12.1 Å². The molecule has 6 heterocycles. The number of benzene rings is 4. The van der Waals surface area contributed by atoms with Crippen molar-refractivity contribution in [2.24, 2.45) is 0 Å². The third-order valence-electron chi connectivity index (χ3n) is 8.07. The SMILES string of the molecule is Fc1c(-c2ncc(-c3cc4cc5cc6sc(-c7cnc(-c8oc9ccccc9c8F)s7)cc6cc5cc4s3)s2)oc2ccccc12.